The van der Waals surface area contributed by atoms with Crippen LogP contribution >= 0.6 is 11.8 Å². The van der Waals surface area contributed by atoms with E-state index in [0.29, 0.717) is 35.9 Å². The van der Waals surface area contributed by atoms with Gasteiger partial charge in [-0.05, 0) is 42.2 Å². The number of carbonyl (C=O) groups excluding carboxylic acids is 1. The minimum Gasteiger partial charge on any atom is -0.481 e. The summed E-state index contributed by atoms with van der Waals surface area (Å²) in [4.78, 5) is 31.6. The fraction of sp³-hybridized carbons (Fsp3) is 0.357. The Morgan fingerprint density at radius 3 is 2.47 bits per heavy atom. The van der Waals surface area contributed by atoms with Crippen LogP contribution < -0.4 is 5.32 Å². The third kappa shape index (κ3) is 8.35. The number of anilines is 1. The van der Waals surface area contributed by atoms with Gasteiger partial charge >= 0.3 is 5.97 Å². The molecule has 0 bridgehead atoms. The molecule has 1 aromatic heterocycles. The van der Waals surface area contributed by atoms with Gasteiger partial charge in [0.2, 0.25) is 5.91 Å². The van der Waals surface area contributed by atoms with Gasteiger partial charge in [-0.15, -0.1) is 0 Å². The molecule has 1 saturated heterocycles. The number of hydrogen-bond acceptors (Lipinski definition) is 8. The number of thioether (sulfide) groups is 1. The van der Waals surface area contributed by atoms with Crippen molar-refractivity contribution >= 4 is 29.3 Å². The van der Waals surface area contributed by atoms with Crippen molar-refractivity contribution in [1.82, 2.24) is 9.97 Å². The van der Waals surface area contributed by atoms with Crippen LogP contribution in [0.1, 0.15) is 61.2 Å². The van der Waals surface area contributed by atoms with E-state index in [2.05, 4.69) is 15.3 Å². The zero-order valence-corrected chi connectivity index (χ0v) is 21.7. The van der Waals surface area contributed by atoms with Gasteiger partial charge < -0.3 is 25.0 Å². The molecule has 2 heterocycles. The van der Waals surface area contributed by atoms with Gasteiger partial charge in [-0.1, -0.05) is 48.2 Å². The number of aliphatic hydroxyl groups excluding tert-OH is 1. The molecule has 0 saturated carbocycles. The predicted octanol–water partition coefficient (Wildman–Crippen LogP) is 4.89. The Labute approximate surface area is 225 Å². The number of carboxylic acid groups (broad SMARTS) is 1. The summed E-state index contributed by atoms with van der Waals surface area (Å²) in [6.45, 7) is -0.0219. The number of benzene rings is 2. The lowest BCUT2D eigenvalue weighted by atomic mass is 10.0. The van der Waals surface area contributed by atoms with Gasteiger partial charge in [0.1, 0.15) is 0 Å². The first kappa shape index (κ1) is 27.7. The molecule has 0 spiro atoms. The Hall–Kier alpha value is -3.31. The average molecular weight is 538 g/mol. The minimum absolute atomic E-state index is 0.0219. The summed E-state index contributed by atoms with van der Waals surface area (Å²) in [6, 6.07) is 16.8. The van der Waals surface area contributed by atoms with Crippen molar-refractivity contribution in [3.63, 3.8) is 0 Å². The number of nitrogens with zero attached hydrogens (tertiary/aromatic N) is 2. The van der Waals surface area contributed by atoms with E-state index in [9.17, 15) is 14.7 Å². The van der Waals surface area contributed by atoms with Crippen LogP contribution in [0, 0.1) is 0 Å². The average Bonchev–Trinajstić information content (AvgIpc) is 2.95. The Bertz CT molecular complexity index is 1190. The van der Waals surface area contributed by atoms with E-state index < -0.39 is 12.3 Å². The van der Waals surface area contributed by atoms with Crippen molar-refractivity contribution < 1.29 is 29.3 Å². The molecule has 38 heavy (non-hydrogen) atoms. The molecule has 2 aromatic carbocycles. The Morgan fingerprint density at radius 2 is 1.74 bits per heavy atom. The maximum atomic E-state index is 12.4. The maximum absolute atomic E-state index is 12.4. The quantitative estimate of drug-likeness (QED) is 0.168. The molecule has 1 fully saturated rings. The molecule has 9 nitrogen and oxygen atoms in total. The molecule has 3 atom stereocenters. The second-order valence-electron chi connectivity index (χ2n) is 8.97. The predicted molar refractivity (Wildman–Crippen MR) is 142 cm³/mol. The van der Waals surface area contributed by atoms with E-state index in [-0.39, 0.29) is 37.6 Å². The number of unbranched alkanes of at least 4 members (excludes halogenated alkanes) is 1. The molecule has 200 valence electrons. The maximum Gasteiger partial charge on any atom is 0.303 e. The summed E-state index contributed by atoms with van der Waals surface area (Å²) in [5, 5.41) is 21.7. The zero-order chi connectivity index (χ0) is 26.7. The number of rotatable bonds is 12. The first-order valence-electron chi connectivity index (χ1n) is 12.5. The van der Waals surface area contributed by atoms with E-state index in [1.807, 2.05) is 42.5 Å². The fourth-order valence-electron chi connectivity index (χ4n) is 4.10. The molecule has 0 radical (unpaired) electrons. The highest BCUT2D eigenvalue weighted by Crippen LogP contribution is 2.39. The second kappa shape index (κ2) is 14.0. The van der Waals surface area contributed by atoms with E-state index in [1.54, 1.807) is 24.5 Å². The number of amides is 1. The van der Waals surface area contributed by atoms with Crippen LogP contribution in [-0.4, -0.2) is 43.9 Å². The van der Waals surface area contributed by atoms with Crippen molar-refractivity contribution in [2.75, 3.05) is 11.1 Å². The summed E-state index contributed by atoms with van der Waals surface area (Å²) in [6.07, 6.45) is 4.31. The third-order valence-electron chi connectivity index (χ3n) is 6.04. The lowest BCUT2D eigenvalue weighted by Crippen LogP contribution is -2.31. The number of aliphatic carboxylic acids is 1. The zero-order valence-electron chi connectivity index (χ0n) is 20.9. The fourth-order valence-corrected chi connectivity index (χ4v) is 4.92. The van der Waals surface area contributed by atoms with Crippen molar-refractivity contribution in [3.05, 3.63) is 83.7 Å². The first-order valence-corrected chi connectivity index (χ1v) is 13.5. The largest absolute Gasteiger partial charge is 0.481 e. The van der Waals surface area contributed by atoms with Gasteiger partial charge in [0.05, 0.1) is 18.8 Å². The number of ether oxygens (including phenoxy) is 2. The van der Waals surface area contributed by atoms with Gasteiger partial charge in [0.25, 0.3) is 0 Å². The highest BCUT2D eigenvalue weighted by atomic mass is 32.2. The van der Waals surface area contributed by atoms with Crippen LogP contribution in [0.5, 0.6) is 0 Å². The number of aromatic nitrogens is 2. The molecule has 4 rings (SSSR count). The van der Waals surface area contributed by atoms with Crippen molar-refractivity contribution in [2.45, 2.75) is 62.4 Å². The molecule has 0 aliphatic carbocycles. The smallest absolute Gasteiger partial charge is 0.303 e. The van der Waals surface area contributed by atoms with Crippen molar-refractivity contribution in [1.29, 1.82) is 0 Å². The van der Waals surface area contributed by atoms with Crippen LogP contribution in [0.15, 0.2) is 72.1 Å². The highest BCUT2D eigenvalue weighted by Gasteiger charge is 2.32. The lowest BCUT2D eigenvalue weighted by molar-refractivity contribution is -0.245. The Morgan fingerprint density at radius 1 is 0.974 bits per heavy atom. The number of aliphatic hydroxyl groups is 1. The molecular weight excluding hydrogens is 506 g/mol. The monoisotopic (exact) mass is 537 g/mol. The van der Waals surface area contributed by atoms with Crippen molar-refractivity contribution in [3.8, 4) is 0 Å². The van der Waals surface area contributed by atoms with Gasteiger partial charge in [0, 0.05) is 48.7 Å². The highest BCUT2D eigenvalue weighted by molar-refractivity contribution is 7.99. The molecule has 1 aliphatic heterocycles. The van der Waals surface area contributed by atoms with Crippen LogP contribution in [0.25, 0.3) is 0 Å². The third-order valence-corrected chi connectivity index (χ3v) is 7.05. The van der Waals surface area contributed by atoms with E-state index >= 15 is 0 Å². The van der Waals surface area contributed by atoms with Gasteiger partial charge in [-0.3, -0.25) is 9.59 Å². The van der Waals surface area contributed by atoms with Crippen LogP contribution in [-0.2, 0) is 25.7 Å². The van der Waals surface area contributed by atoms with E-state index in [1.165, 1.54) is 11.8 Å². The van der Waals surface area contributed by atoms with Crippen LogP contribution in [0.4, 0.5) is 5.69 Å². The minimum atomic E-state index is -0.860. The summed E-state index contributed by atoms with van der Waals surface area (Å²) >= 11 is 1.52. The van der Waals surface area contributed by atoms with E-state index in [4.69, 9.17) is 14.6 Å². The summed E-state index contributed by atoms with van der Waals surface area (Å²) in [5.74, 6) is -0.389. The standard InChI is InChI=1S/C28H31N3O6S/c32-17-19-9-11-20(12-10-19)24-16-23(18-38-28-29-13-4-14-30-28)36-27(37-24)21-5-3-6-22(15-21)31-25(33)7-1-2-8-26(34)35/h3-6,9-15,23-24,27,32H,1-2,7-8,16-18H2,(H,31,33)(H,34,35). The first-order chi connectivity index (χ1) is 18.5. The second-order valence-corrected chi connectivity index (χ2v) is 9.95. The molecule has 3 unspecified atom stereocenters. The SMILES string of the molecule is O=C(O)CCCCC(=O)Nc1cccc(C2OC(CSc3ncccn3)CC(c3ccc(CO)cc3)O2)c1. The summed E-state index contributed by atoms with van der Waals surface area (Å²) in [5.41, 5.74) is 3.22. The number of carbonyl (C=O) groups is 2. The Balaban J connectivity index is 1.45. The molecular formula is C28H31N3O6S. The van der Waals surface area contributed by atoms with E-state index in [0.717, 1.165) is 16.7 Å². The van der Waals surface area contributed by atoms with Crippen molar-refractivity contribution in [2.24, 2.45) is 0 Å². The van der Waals surface area contributed by atoms with Gasteiger partial charge in [-0.25, -0.2) is 9.97 Å². The molecule has 1 aliphatic rings. The molecule has 1 amide bonds. The summed E-state index contributed by atoms with van der Waals surface area (Å²) < 4.78 is 12.7. The summed E-state index contributed by atoms with van der Waals surface area (Å²) in [7, 11) is 0. The van der Waals surface area contributed by atoms with Crippen LogP contribution in [0.3, 0.4) is 0 Å². The number of hydrogen-bond donors (Lipinski definition) is 3. The Kier molecular flexibility index (Phi) is 10.2. The molecule has 3 N–H and O–H groups in total. The van der Waals surface area contributed by atoms with Gasteiger partial charge in [0.15, 0.2) is 11.4 Å². The topological polar surface area (TPSA) is 131 Å². The van der Waals surface area contributed by atoms with Gasteiger partial charge in [-0.2, -0.15) is 0 Å². The normalized spacial score (nSPS) is 19.1. The molecule has 10 heteroatoms. The number of nitrogens with one attached hydrogen (secondary N) is 1. The number of carboxylic acids is 1. The molecule has 3 aromatic rings. The van der Waals surface area contributed by atoms with Crippen LogP contribution in [0.2, 0.25) is 0 Å². The lowest BCUT2D eigenvalue weighted by Gasteiger charge is -2.36.